The first-order valence-electron chi connectivity index (χ1n) is 6.23. The molecule has 0 heterocycles. The van der Waals surface area contributed by atoms with Crippen LogP contribution < -0.4 is 0 Å². The summed E-state index contributed by atoms with van der Waals surface area (Å²) in [5, 5.41) is 8.94. The minimum Gasteiger partial charge on any atom is -0.478 e. The molecule has 4 nitrogen and oxygen atoms in total. The Bertz CT molecular complexity index is 790. The molecule has 0 saturated heterocycles. The van der Waals surface area contributed by atoms with E-state index in [0.29, 0.717) is 5.56 Å². The van der Waals surface area contributed by atoms with Crippen LogP contribution in [0.4, 0.5) is 0 Å². The molecule has 2 rings (SSSR count). The van der Waals surface area contributed by atoms with E-state index in [1.165, 1.54) is 31.2 Å². The van der Waals surface area contributed by atoms with E-state index in [1.807, 2.05) is 0 Å². The van der Waals surface area contributed by atoms with Crippen molar-refractivity contribution >= 4 is 21.9 Å². The van der Waals surface area contributed by atoms with Gasteiger partial charge in [-0.2, -0.15) is 0 Å². The van der Waals surface area contributed by atoms with Crippen molar-refractivity contribution in [3.05, 3.63) is 65.7 Å². The van der Waals surface area contributed by atoms with Gasteiger partial charge < -0.3 is 5.11 Å². The summed E-state index contributed by atoms with van der Waals surface area (Å²) in [5.41, 5.74) is 0.437. The van der Waals surface area contributed by atoms with Gasteiger partial charge in [-0.05, 0) is 36.8 Å². The fourth-order valence-electron chi connectivity index (χ4n) is 1.87. The Kier molecular flexibility index (Phi) is 4.23. The maximum atomic E-state index is 12.6. The van der Waals surface area contributed by atoms with Crippen molar-refractivity contribution in [2.45, 2.75) is 16.7 Å². The van der Waals surface area contributed by atoms with Gasteiger partial charge in [0.05, 0.1) is 9.79 Å². The lowest BCUT2D eigenvalue weighted by atomic mass is 10.1. The van der Waals surface area contributed by atoms with Crippen LogP contribution in [0.3, 0.4) is 0 Å². The van der Waals surface area contributed by atoms with E-state index in [0.717, 1.165) is 0 Å². The molecule has 0 saturated carbocycles. The molecule has 0 atom stereocenters. The number of sulfone groups is 1. The molecule has 2 aromatic rings. The summed E-state index contributed by atoms with van der Waals surface area (Å²) in [4.78, 5) is 11.2. The van der Waals surface area contributed by atoms with Crippen LogP contribution in [0.1, 0.15) is 12.5 Å². The van der Waals surface area contributed by atoms with Gasteiger partial charge in [0.1, 0.15) is 0 Å². The Hall–Kier alpha value is -2.40. The Morgan fingerprint density at radius 2 is 1.57 bits per heavy atom. The van der Waals surface area contributed by atoms with E-state index in [1.54, 1.807) is 36.4 Å². The van der Waals surface area contributed by atoms with Crippen LogP contribution in [0.2, 0.25) is 0 Å². The smallest absolute Gasteiger partial charge is 0.331 e. The van der Waals surface area contributed by atoms with E-state index < -0.39 is 15.8 Å². The average Bonchev–Trinajstić information content (AvgIpc) is 2.48. The number of carboxylic acid groups (broad SMARTS) is 1. The summed E-state index contributed by atoms with van der Waals surface area (Å²) in [6.45, 7) is 1.42. The number of hydrogen-bond donors (Lipinski definition) is 1. The second-order valence-electron chi connectivity index (χ2n) is 4.49. The van der Waals surface area contributed by atoms with Crippen LogP contribution in [0.25, 0.3) is 6.08 Å². The van der Waals surface area contributed by atoms with Gasteiger partial charge >= 0.3 is 5.97 Å². The summed E-state index contributed by atoms with van der Waals surface area (Å²) in [7, 11) is -3.68. The predicted octanol–water partition coefficient (Wildman–Crippen LogP) is 3.01. The molecule has 0 radical (unpaired) electrons. The summed E-state index contributed by atoms with van der Waals surface area (Å²) < 4.78 is 25.3. The first-order valence-corrected chi connectivity index (χ1v) is 7.72. The van der Waals surface area contributed by atoms with E-state index in [-0.39, 0.29) is 15.4 Å². The highest BCUT2D eigenvalue weighted by molar-refractivity contribution is 7.91. The zero-order chi connectivity index (χ0) is 15.5. The molecule has 0 spiro atoms. The first kappa shape index (κ1) is 15.0. The van der Waals surface area contributed by atoms with E-state index in [9.17, 15) is 13.2 Å². The molecule has 0 aliphatic rings. The van der Waals surface area contributed by atoms with Crippen molar-refractivity contribution in [3.63, 3.8) is 0 Å². The van der Waals surface area contributed by atoms with E-state index in [4.69, 9.17) is 5.11 Å². The van der Waals surface area contributed by atoms with Crippen molar-refractivity contribution in [1.29, 1.82) is 0 Å². The Morgan fingerprint density at radius 3 is 2.19 bits per heavy atom. The zero-order valence-corrected chi connectivity index (χ0v) is 12.2. The second kappa shape index (κ2) is 5.93. The van der Waals surface area contributed by atoms with Crippen molar-refractivity contribution in [3.8, 4) is 0 Å². The number of carbonyl (C=O) groups is 1. The Labute approximate surface area is 123 Å². The molecule has 5 heteroatoms. The lowest BCUT2D eigenvalue weighted by molar-refractivity contribution is -0.132. The summed E-state index contributed by atoms with van der Waals surface area (Å²) in [6, 6.07) is 14.4. The third-order valence-electron chi connectivity index (χ3n) is 2.97. The quantitative estimate of drug-likeness (QED) is 0.881. The van der Waals surface area contributed by atoms with Crippen LogP contribution in [0.15, 0.2) is 70.0 Å². The number of rotatable bonds is 4. The fourth-order valence-corrected chi connectivity index (χ4v) is 3.33. The standard InChI is InChI=1S/C16H14O4S/c1-12(16(17)18)11-13-7-5-6-10-15(13)21(19,20)14-8-3-2-4-9-14/h2-11H,1H3,(H,17,18). The van der Waals surface area contributed by atoms with Crippen LogP contribution >= 0.6 is 0 Å². The molecule has 0 fully saturated rings. The number of aliphatic carboxylic acids is 1. The fraction of sp³-hybridized carbons (Fsp3) is 0.0625. The molecule has 0 aliphatic carbocycles. The molecule has 0 aliphatic heterocycles. The molecule has 1 N–H and O–H groups in total. The van der Waals surface area contributed by atoms with Crippen LogP contribution in [-0.2, 0) is 14.6 Å². The molecular weight excluding hydrogens is 288 g/mol. The maximum absolute atomic E-state index is 12.6. The van der Waals surface area contributed by atoms with Crippen LogP contribution in [0.5, 0.6) is 0 Å². The van der Waals surface area contributed by atoms with Crippen molar-refractivity contribution in [1.82, 2.24) is 0 Å². The molecule has 21 heavy (non-hydrogen) atoms. The van der Waals surface area contributed by atoms with Gasteiger partial charge in [-0.1, -0.05) is 36.4 Å². The van der Waals surface area contributed by atoms with E-state index >= 15 is 0 Å². The third-order valence-corrected chi connectivity index (χ3v) is 4.81. The van der Waals surface area contributed by atoms with Gasteiger partial charge in [-0.3, -0.25) is 0 Å². The van der Waals surface area contributed by atoms with Gasteiger partial charge in [0, 0.05) is 5.57 Å². The van der Waals surface area contributed by atoms with Crippen LogP contribution in [-0.4, -0.2) is 19.5 Å². The predicted molar refractivity (Wildman–Crippen MR) is 79.6 cm³/mol. The summed E-state index contributed by atoms with van der Waals surface area (Å²) in [5.74, 6) is -1.08. The van der Waals surface area contributed by atoms with Crippen molar-refractivity contribution < 1.29 is 18.3 Å². The minimum absolute atomic E-state index is 0.0747. The normalized spacial score (nSPS) is 12.1. The minimum atomic E-state index is -3.68. The van der Waals surface area contributed by atoms with Gasteiger partial charge in [0.2, 0.25) is 9.84 Å². The van der Waals surface area contributed by atoms with Crippen molar-refractivity contribution in [2.75, 3.05) is 0 Å². The molecule has 0 unspecified atom stereocenters. The summed E-state index contributed by atoms with van der Waals surface area (Å²) in [6.07, 6.45) is 1.36. The number of hydrogen-bond acceptors (Lipinski definition) is 3. The highest BCUT2D eigenvalue weighted by Crippen LogP contribution is 2.25. The lowest BCUT2D eigenvalue weighted by Gasteiger charge is -2.08. The SMILES string of the molecule is CC(=Cc1ccccc1S(=O)(=O)c1ccccc1)C(=O)O. The zero-order valence-electron chi connectivity index (χ0n) is 11.4. The second-order valence-corrected chi connectivity index (χ2v) is 6.40. The maximum Gasteiger partial charge on any atom is 0.331 e. The first-order chi connectivity index (χ1) is 9.93. The number of benzene rings is 2. The monoisotopic (exact) mass is 302 g/mol. The van der Waals surface area contributed by atoms with Gasteiger partial charge in [-0.25, -0.2) is 13.2 Å². The Morgan fingerprint density at radius 1 is 1.00 bits per heavy atom. The number of carboxylic acids is 1. The topological polar surface area (TPSA) is 71.4 Å². The average molecular weight is 302 g/mol. The molecule has 0 bridgehead atoms. The van der Waals surface area contributed by atoms with Gasteiger partial charge in [0.25, 0.3) is 0 Å². The molecule has 2 aromatic carbocycles. The van der Waals surface area contributed by atoms with Crippen molar-refractivity contribution in [2.24, 2.45) is 0 Å². The molecule has 0 aromatic heterocycles. The largest absolute Gasteiger partial charge is 0.478 e. The van der Waals surface area contributed by atoms with Gasteiger partial charge in [0.15, 0.2) is 0 Å². The lowest BCUT2D eigenvalue weighted by Crippen LogP contribution is -2.04. The highest BCUT2D eigenvalue weighted by Gasteiger charge is 2.20. The van der Waals surface area contributed by atoms with E-state index in [2.05, 4.69) is 0 Å². The highest BCUT2D eigenvalue weighted by atomic mass is 32.2. The molecule has 0 amide bonds. The third kappa shape index (κ3) is 3.20. The van der Waals surface area contributed by atoms with Crippen LogP contribution in [0, 0.1) is 0 Å². The summed E-state index contributed by atoms with van der Waals surface area (Å²) >= 11 is 0. The van der Waals surface area contributed by atoms with Gasteiger partial charge in [-0.15, -0.1) is 0 Å². The Balaban J connectivity index is 2.61. The molecular formula is C16H14O4S. The molecule has 108 valence electrons.